The molecule has 2 aromatic carbocycles. The molecule has 1 saturated heterocycles. The van der Waals surface area contributed by atoms with Gasteiger partial charge in [-0.05, 0) is 54.3 Å². The molecule has 214 valence electrons. The second kappa shape index (κ2) is 12.2. The van der Waals surface area contributed by atoms with Crippen molar-refractivity contribution in [1.82, 2.24) is 25.3 Å². The van der Waals surface area contributed by atoms with Crippen LogP contribution in [0.15, 0.2) is 84.4 Å². The standard InChI is InChI=1S/C31H29FN6O3S/c1-31(29(39)34-16-20-6-3-2-4-7-20)18-40-28(41-19-31)27-37-25(21-9-11-22(32)12-10-21)26(38-27)24-13-14-33-30(36-24)35-17-23-8-5-15-42-23/h2-15,28H,16-19H2,1H3,(H,34,39)(H,37,38)(H,33,35,36). The first-order chi connectivity index (χ1) is 20.5. The van der Waals surface area contributed by atoms with E-state index in [1.54, 1.807) is 35.7 Å². The van der Waals surface area contributed by atoms with Crippen LogP contribution in [0.5, 0.6) is 0 Å². The minimum atomic E-state index is -0.865. The molecule has 1 aliphatic rings. The number of halogens is 1. The van der Waals surface area contributed by atoms with Gasteiger partial charge in [-0.25, -0.2) is 19.3 Å². The molecule has 0 spiro atoms. The van der Waals surface area contributed by atoms with Gasteiger partial charge in [-0.15, -0.1) is 11.3 Å². The minimum absolute atomic E-state index is 0.143. The van der Waals surface area contributed by atoms with E-state index in [4.69, 9.17) is 19.4 Å². The topological polar surface area (TPSA) is 114 Å². The van der Waals surface area contributed by atoms with Gasteiger partial charge in [-0.2, -0.15) is 0 Å². The highest BCUT2D eigenvalue weighted by molar-refractivity contribution is 7.09. The largest absolute Gasteiger partial charge is 0.351 e. The maximum Gasteiger partial charge on any atom is 0.230 e. The van der Waals surface area contributed by atoms with Gasteiger partial charge in [0.15, 0.2) is 5.82 Å². The average Bonchev–Trinajstić information content (AvgIpc) is 3.71. The Morgan fingerprint density at radius 3 is 2.55 bits per heavy atom. The smallest absolute Gasteiger partial charge is 0.230 e. The second-order valence-corrected chi connectivity index (χ2v) is 11.3. The molecule has 11 heteroatoms. The van der Waals surface area contributed by atoms with Crippen molar-refractivity contribution in [3.63, 3.8) is 0 Å². The molecule has 0 radical (unpaired) electrons. The fourth-order valence-corrected chi connectivity index (χ4v) is 5.20. The molecule has 42 heavy (non-hydrogen) atoms. The number of carbonyl (C=O) groups is 1. The van der Waals surface area contributed by atoms with E-state index in [0.29, 0.717) is 47.5 Å². The SMILES string of the molecule is CC1(C(=O)NCc2ccccc2)COC(c2nc(-c3ccc(F)cc3)c(-c3ccnc(NCc4cccs4)n3)[nH]2)OC1. The Bertz CT molecular complexity index is 1640. The first-order valence-corrected chi connectivity index (χ1v) is 14.4. The van der Waals surface area contributed by atoms with Crippen LogP contribution >= 0.6 is 11.3 Å². The molecule has 3 aromatic heterocycles. The van der Waals surface area contributed by atoms with Crippen LogP contribution in [0.25, 0.3) is 22.6 Å². The molecule has 1 fully saturated rings. The number of aromatic nitrogens is 4. The second-order valence-electron chi connectivity index (χ2n) is 10.2. The van der Waals surface area contributed by atoms with Crippen molar-refractivity contribution >= 4 is 23.2 Å². The van der Waals surface area contributed by atoms with Gasteiger partial charge in [0.25, 0.3) is 0 Å². The molecule has 0 unspecified atom stereocenters. The normalized spacial score (nSPS) is 18.5. The van der Waals surface area contributed by atoms with E-state index in [0.717, 1.165) is 10.4 Å². The summed E-state index contributed by atoms with van der Waals surface area (Å²) in [5.41, 5.74) is 2.61. The summed E-state index contributed by atoms with van der Waals surface area (Å²) in [7, 11) is 0. The van der Waals surface area contributed by atoms with Crippen molar-refractivity contribution in [2.45, 2.75) is 26.3 Å². The van der Waals surface area contributed by atoms with E-state index in [1.807, 2.05) is 54.8 Å². The Morgan fingerprint density at radius 1 is 1.02 bits per heavy atom. The number of imidazole rings is 1. The Kier molecular flexibility index (Phi) is 8.04. The average molecular weight is 585 g/mol. The van der Waals surface area contributed by atoms with Gasteiger partial charge in [0, 0.05) is 23.2 Å². The quantitative estimate of drug-likeness (QED) is 0.203. The molecule has 6 rings (SSSR count). The highest BCUT2D eigenvalue weighted by Crippen LogP contribution is 2.35. The lowest BCUT2D eigenvalue weighted by Crippen LogP contribution is -2.48. The van der Waals surface area contributed by atoms with E-state index in [1.165, 1.54) is 12.1 Å². The highest BCUT2D eigenvalue weighted by atomic mass is 32.1. The zero-order valence-electron chi connectivity index (χ0n) is 22.8. The van der Waals surface area contributed by atoms with Crippen molar-refractivity contribution in [3.8, 4) is 22.6 Å². The number of H-pyrrole nitrogens is 1. The zero-order valence-corrected chi connectivity index (χ0v) is 23.7. The van der Waals surface area contributed by atoms with Crippen molar-refractivity contribution in [2.24, 2.45) is 5.41 Å². The lowest BCUT2D eigenvalue weighted by Gasteiger charge is -2.35. The summed E-state index contributed by atoms with van der Waals surface area (Å²) in [5, 5.41) is 8.25. The number of anilines is 1. The summed E-state index contributed by atoms with van der Waals surface area (Å²) >= 11 is 1.65. The third-order valence-electron chi connectivity index (χ3n) is 6.93. The maximum absolute atomic E-state index is 13.7. The number of amides is 1. The number of thiophene rings is 1. The summed E-state index contributed by atoms with van der Waals surface area (Å²) < 4.78 is 25.8. The van der Waals surface area contributed by atoms with Crippen molar-refractivity contribution < 1.29 is 18.7 Å². The van der Waals surface area contributed by atoms with Gasteiger partial charge in [0.1, 0.15) is 5.82 Å². The number of hydrogen-bond donors (Lipinski definition) is 3. The van der Waals surface area contributed by atoms with E-state index < -0.39 is 11.7 Å². The van der Waals surface area contributed by atoms with Crippen LogP contribution in [0.4, 0.5) is 10.3 Å². The van der Waals surface area contributed by atoms with Crippen LogP contribution < -0.4 is 10.6 Å². The van der Waals surface area contributed by atoms with Gasteiger partial charge in [-0.3, -0.25) is 4.79 Å². The minimum Gasteiger partial charge on any atom is -0.351 e. The number of rotatable bonds is 9. The summed E-state index contributed by atoms with van der Waals surface area (Å²) in [4.78, 5) is 31.3. The van der Waals surface area contributed by atoms with Crippen molar-refractivity contribution in [3.05, 3.63) is 106 Å². The molecular weight excluding hydrogens is 555 g/mol. The molecule has 0 aliphatic carbocycles. The van der Waals surface area contributed by atoms with Crippen LogP contribution in [0.1, 0.15) is 29.5 Å². The van der Waals surface area contributed by atoms with Gasteiger partial charge in [0.2, 0.25) is 18.1 Å². The Hall–Kier alpha value is -4.45. The third kappa shape index (κ3) is 6.23. The molecule has 3 N–H and O–H groups in total. The molecule has 1 aliphatic heterocycles. The first kappa shape index (κ1) is 27.7. The Morgan fingerprint density at radius 2 is 1.81 bits per heavy atom. The molecule has 0 saturated carbocycles. The van der Waals surface area contributed by atoms with Crippen LogP contribution in [0.3, 0.4) is 0 Å². The number of aromatic amines is 1. The van der Waals surface area contributed by atoms with E-state index >= 15 is 0 Å². The first-order valence-electron chi connectivity index (χ1n) is 13.5. The molecule has 0 atom stereocenters. The predicted octanol–water partition coefficient (Wildman–Crippen LogP) is 5.71. The fraction of sp³-hybridized carbons (Fsp3) is 0.226. The molecule has 5 aromatic rings. The Labute approximate surface area is 246 Å². The van der Waals surface area contributed by atoms with Crippen molar-refractivity contribution in [2.75, 3.05) is 18.5 Å². The maximum atomic E-state index is 13.7. The lowest BCUT2D eigenvalue weighted by molar-refractivity contribution is -0.231. The molecule has 1 amide bonds. The van der Waals surface area contributed by atoms with E-state index in [2.05, 4.69) is 20.6 Å². The van der Waals surface area contributed by atoms with Crippen LogP contribution in [0, 0.1) is 11.2 Å². The van der Waals surface area contributed by atoms with Gasteiger partial charge in [0.05, 0.1) is 42.3 Å². The lowest BCUT2D eigenvalue weighted by atomic mass is 9.91. The van der Waals surface area contributed by atoms with E-state index in [9.17, 15) is 9.18 Å². The monoisotopic (exact) mass is 584 g/mol. The van der Waals surface area contributed by atoms with Crippen LogP contribution in [-0.2, 0) is 27.4 Å². The number of nitrogens with one attached hydrogen (secondary N) is 3. The molecule has 4 heterocycles. The van der Waals surface area contributed by atoms with Gasteiger partial charge < -0.3 is 25.1 Å². The number of ether oxygens (including phenoxy) is 2. The van der Waals surface area contributed by atoms with Gasteiger partial charge >= 0.3 is 0 Å². The van der Waals surface area contributed by atoms with Crippen molar-refractivity contribution in [1.29, 1.82) is 0 Å². The molecule has 0 bridgehead atoms. The fourth-order valence-electron chi connectivity index (χ4n) is 4.56. The summed E-state index contributed by atoms with van der Waals surface area (Å²) in [6.45, 7) is 3.12. The highest BCUT2D eigenvalue weighted by Gasteiger charge is 2.40. The molecular formula is C31H29FN6O3S. The number of hydrogen-bond acceptors (Lipinski definition) is 8. The summed E-state index contributed by atoms with van der Waals surface area (Å²) in [6, 6.07) is 21.6. The van der Waals surface area contributed by atoms with E-state index in [-0.39, 0.29) is 24.9 Å². The van der Waals surface area contributed by atoms with Crippen LogP contribution in [-0.4, -0.2) is 39.1 Å². The third-order valence-corrected chi connectivity index (χ3v) is 7.80. The number of carbonyl (C=O) groups excluding carboxylic acids is 1. The number of benzene rings is 2. The molecule has 9 nitrogen and oxygen atoms in total. The van der Waals surface area contributed by atoms with Crippen LogP contribution in [0.2, 0.25) is 0 Å². The summed E-state index contributed by atoms with van der Waals surface area (Å²) in [5.74, 6) is 0.384. The zero-order chi connectivity index (χ0) is 28.9. The Balaban J connectivity index is 1.21. The van der Waals surface area contributed by atoms with Gasteiger partial charge in [-0.1, -0.05) is 36.4 Å². The predicted molar refractivity (Wildman–Crippen MR) is 158 cm³/mol. The summed E-state index contributed by atoms with van der Waals surface area (Å²) in [6.07, 6.45) is 0.840. The number of nitrogens with zero attached hydrogens (tertiary/aromatic N) is 3.